The van der Waals surface area contributed by atoms with Crippen LogP contribution in [-0.2, 0) is 9.59 Å². The minimum atomic E-state index is -0.0399. The van der Waals surface area contributed by atoms with Crippen LogP contribution in [0.2, 0.25) is 0 Å². The Morgan fingerprint density at radius 1 is 1.18 bits per heavy atom. The number of rotatable bonds is 3. The van der Waals surface area contributed by atoms with Crippen LogP contribution in [-0.4, -0.2) is 30.2 Å². The normalized spacial score (nSPS) is 19.5. The molecule has 1 aliphatic heterocycles. The number of hydrogen-bond acceptors (Lipinski definition) is 3. The molecule has 0 bridgehead atoms. The lowest BCUT2D eigenvalue weighted by Crippen LogP contribution is -2.46. The van der Waals surface area contributed by atoms with Crippen LogP contribution >= 0.6 is 11.8 Å². The highest BCUT2D eigenvalue weighted by atomic mass is 32.2. The molecular formula is C17H22N2O2S. The quantitative estimate of drug-likeness (QED) is 0.872. The predicted octanol–water partition coefficient (Wildman–Crippen LogP) is 2.96. The fourth-order valence-corrected chi connectivity index (χ4v) is 4.10. The summed E-state index contributed by atoms with van der Waals surface area (Å²) in [7, 11) is 0. The Balaban J connectivity index is 1.64. The number of nitrogens with zero attached hydrogens (tertiary/aromatic N) is 1. The van der Waals surface area contributed by atoms with Crippen LogP contribution in [0.3, 0.4) is 0 Å². The molecule has 0 unspecified atom stereocenters. The first-order chi connectivity index (χ1) is 10.7. The number of carbonyl (C=O) groups excluding carboxylic acids is 2. The predicted molar refractivity (Wildman–Crippen MR) is 89.2 cm³/mol. The Kier molecular flexibility index (Phi) is 5.03. The summed E-state index contributed by atoms with van der Waals surface area (Å²) in [5, 5.41) is 3.12. The highest BCUT2D eigenvalue weighted by molar-refractivity contribution is 8.00. The molecule has 5 heteroatoms. The topological polar surface area (TPSA) is 49.4 Å². The average Bonchev–Trinajstić information content (AvgIpc) is 2.79. The van der Waals surface area contributed by atoms with Crippen LogP contribution in [0, 0.1) is 0 Å². The average molecular weight is 318 g/mol. The van der Waals surface area contributed by atoms with Gasteiger partial charge in [0.1, 0.15) is 6.54 Å². The Bertz CT molecular complexity index is 553. The lowest BCUT2D eigenvalue weighted by Gasteiger charge is -2.29. The van der Waals surface area contributed by atoms with Gasteiger partial charge in [0.25, 0.3) is 0 Å². The first-order valence-corrected chi connectivity index (χ1v) is 9.04. The second kappa shape index (κ2) is 7.18. The SMILES string of the molecule is O=C(CN1C(=O)CSc2ccccc21)NC1CCCCCC1. The number of anilines is 1. The molecule has 22 heavy (non-hydrogen) atoms. The molecule has 4 nitrogen and oxygen atoms in total. The van der Waals surface area contributed by atoms with Gasteiger partial charge in [-0.2, -0.15) is 0 Å². The van der Waals surface area contributed by atoms with Crippen molar-refractivity contribution in [2.45, 2.75) is 49.5 Å². The van der Waals surface area contributed by atoms with Crippen LogP contribution in [0.15, 0.2) is 29.2 Å². The summed E-state index contributed by atoms with van der Waals surface area (Å²) in [6, 6.07) is 8.07. The highest BCUT2D eigenvalue weighted by Crippen LogP contribution is 2.34. The van der Waals surface area contributed by atoms with Gasteiger partial charge in [-0.3, -0.25) is 9.59 Å². The van der Waals surface area contributed by atoms with Gasteiger partial charge in [-0.15, -0.1) is 11.8 Å². The van der Waals surface area contributed by atoms with E-state index in [1.165, 1.54) is 25.7 Å². The summed E-state index contributed by atoms with van der Waals surface area (Å²) in [6.07, 6.45) is 7.03. The Hall–Kier alpha value is -1.49. The van der Waals surface area contributed by atoms with Crippen LogP contribution in [0.1, 0.15) is 38.5 Å². The molecule has 118 valence electrons. The van der Waals surface area contributed by atoms with Gasteiger partial charge in [-0.05, 0) is 25.0 Å². The van der Waals surface area contributed by atoms with Crippen LogP contribution in [0.4, 0.5) is 5.69 Å². The van der Waals surface area contributed by atoms with Crippen LogP contribution in [0.25, 0.3) is 0 Å². The van der Waals surface area contributed by atoms with Gasteiger partial charge in [-0.1, -0.05) is 37.8 Å². The molecule has 0 radical (unpaired) electrons. The number of para-hydroxylation sites is 1. The van der Waals surface area contributed by atoms with Crippen molar-refractivity contribution in [1.29, 1.82) is 0 Å². The van der Waals surface area contributed by atoms with Crippen molar-refractivity contribution in [2.75, 3.05) is 17.2 Å². The summed E-state index contributed by atoms with van der Waals surface area (Å²) in [5.41, 5.74) is 0.861. The fourth-order valence-electron chi connectivity index (χ4n) is 3.17. The molecule has 1 aliphatic carbocycles. The lowest BCUT2D eigenvalue weighted by atomic mass is 10.1. The molecule has 1 fully saturated rings. The number of nitrogens with one attached hydrogen (secondary N) is 1. The van der Waals surface area contributed by atoms with Crippen molar-refractivity contribution in [3.8, 4) is 0 Å². The van der Waals surface area contributed by atoms with Crippen molar-refractivity contribution < 1.29 is 9.59 Å². The van der Waals surface area contributed by atoms with Crippen molar-refractivity contribution >= 4 is 29.3 Å². The summed E-state index contributed by atoms with van der Waals surface area (Å²) in [4.78, 5) is 27.2. The van der Waals surface area contributed by atoms with E-state index in [9.17, 15) is 9.59 Å². The van der Waals surface area contributed by atoms with Gasteiger partial charge in [-0.25, -0.2) is 0 Å². The molecule has 0 atom stereocenters. The Labute approximate surface area is 135 Å². The molecule has 2 aliphatic rings. The van der Waals surface area contributed by atoms with Crippen molar-refractivity contribution in [1.82, 2.24) is 5.32 Å². The molecule has 1 heterocycles. The molecule has 1 aromatic carbocycles. The smallest absolute Gasteiger partial charge is 0.240 e. The maximum Gasteiger partial charge on any atom is 0.240 e. The number of hydrogen-bond donors (Lipinski definition) is 1. The molecule has 3 rings (SSSR count). The first-order valence-electron chi connectivity index (χ1n) is 8.05. The van der Waals surface area contributed by atoms with E-state index in [0.717, 1.165) is 23.4 Å². The first kappa shape index (κ1) is 15.4. The van der Waals surface area contributed by atoms with Crippen molar-refractivity contribution in [3.05, 3.63) is 24.3 Å². The molecule has 1 aromatic rings. The van der Waals surface area contributed by atoms with E-state index in [1.54, 1.807) is 16.7 Å². The van der Waals surface area contributed by atoms with Crippen molar-refractivity contribution in [2.24, 2.45) is 0 Å². The largest absolute Gasteiger partial charge is 0.352 e. The zero-order valence-electron chi connectivity index (χ0n) is 12.7. The summed E-state index contributed by atoms with van der Waals surface area (Å²) in [6.45, 7) is 0.132. The summed E-state index contributed by atoms with van der Waals surface area (Å²) >= 11 is 1.54. The molecule has 2 amide bonds. The zero-order chi connectivity index (χ0) is 15.4. The third-order valence-electron chi connectivity index (χ3n) is 4.33. The monoisotopic (exact) mass is 318 g/mol. The second-order valence-electron chi connectivity index (χ2n) is 5.99. The van der Waals surface area contributed by atoms with Gasteiger partial charge in [0.05, 0.1) is 11.4 Å². The zero-order valence-corrected chi connectivity index (χ0v) is 13.5. The molecular weight excluding hydrogens is 296 g/mol. The van der Waals surface area contributed by atoms with Crippen LogP contribution in [0.5, 0.6) is 0 Å². The minimum Gasteiger partial charge on any atom is -0.352 e. The van der Waals surface area contributed by atoms with Gasteiger partial charge in [0.15, 0.2) is 0 Å². The van der Waals surface area contributed by atoms with E-state index < -0.39 is 0 Å². The van der Waals surface area contributed by atoms with Gasteiger partial charge < -0.3 is 10.2 Å². The molecule has 0 saturated heterocycles. The van der Waals surface area contributed by atoms with E-state index >= 15 is 0 Å². The molecule has 0 aromatic heterocycles. The highest BCUT2D eigenvalue weighted by Gasteiger charge is 2.26. The minimum absolute atomic E-state index is 0.0136. The van der Waals surface area contributed by atoms with Crippen molar-refractivity contribution in [3.63, 3.8) is 0 Å². The van der Waals surface area contributed by atoms with Gasteiger partial charge >= 0.3 is 0 Å². The van der Waals surface area contributed by atoms with E-state index in [0.29, 0.717) is 5.75 Å². The maximum absolute atomic E-state index is 12.3. The number of amides is 2. The lowest BCUT2D eigenvalue weighted by molar-refractivity contribution is -0.123. The number of carbonyl (C=O) groups is 2. The third kappa shape index (κ3) is 3.64. The molecule has 1 N–H and O–H groups in total. The molecule has 0 spiro atoms. The second-order valence-corrected chi connectivity index (χ2v) is 7.01. The number of benzene rings is 1. The van der Waals surface area contributed by atoms with E-state index in [4.69, 9.17) is 0 Å². The van der Waals surface area contributed by atoms with E-state index in [1.807, 2.05) is 24.3 Å². The number of fused-ring (bicyclic) bond motifs is 1. The van der Waals surface area contributed by atoms with Crippen LogP contribution < -0.4 is 10.2 Å². The third-order valence-corrected chi connectivity index (χ3v) is 5.38. The fraction of sp³-hybridized carbons (Fsp3) is 0.529. The summed E-state index contributed by atoms with van der Waals surface area (Å²) in [5.74, 6) is 0.384. The molecule has 1 saturated carbocycles. The summed E-state index contributed by atoms with van der Waals surface area (Å²) < 4.78 is 0. The van der Waals surface area contributed by atoms with E-state index in [2.05, 4.69) is 5.32 Å². The van der Waals surface area contributed by atoms with E-state index in [-0.39, 0.29) is 24.4 Å². The standard InChI is InChI=1S/C17H22N2O2S/c20-16(18-13-7-3-1-2-4-8-13)11-19-14-9-5-6-10-15(14)22-12-17(19)21/h5-6,9-10,13H,1-4,7-8,11-12H2,(H,18,20). The Morgan fingerprint density at radius 2 is 1.91 bits per heavy atom. The number of thioether (sulfide) groups is 1. The maximum atomic E-state index is 12.3. The van der Waals surface area contributed by atoms with Gasteiger partial charge in [0, 0.05) is 10.9 Å². The Morgan fingerprint density at radius 3 is 2.68 bits per heavy atom. The van der Waals surface area contributed by atoms with Gasteiger partial charge in [0.2, 0.25) is 11.8 Å².